The molecule has 0 aliphatic heterocycles. The van der Waals surface area contributed by atoms with E-state index in [0.29, 0.717) is 17.9 Å². The Hall–Kier alpha value is -2.18. The van der Waals surface area contributed by atoms with Crippen molar-refractivity contribution < 1.29 is 9.53 Å². The number of nitrogens with zero attached hydrogens (tertiary/aromatic N) is 1. The first-order valence-electron chi connectivity index (χ1n) is 7.70. The predicted octanol–water partition coefficient (Wildman–Crippen LogP) is 4.82. The number of ether oxygens (including phenoxy) is 1. The van der Waals surface area contributed by atoms with Crippen molar-refractivity contribution in [2.24, 2.45) is 0 Å². The quantitative estimate of drug-likeness (QED) is 0.648. The molecule has 6 heteroatoms. The van der Waals surface area contributed by atoms with E-state index in [1.807, 2.05) is 36.6 Å². The third kappa shape index (κ3) is 4.27. The molecule has 0 unspecified atom stereocenters. The van der Waals surface area contributed by atoms with E-state index in [9.17, 15) is 4.79 Å². The first kappa shape index (κ1) is 17.6. The van der Waals surface area contributed by atoms with Crippen molar-refractivity contribution in [1.29, 1.82) is 0 Å². The number of carbonyl (C=O) groups excluding carboxylic acids is 1. The highest BCUT2D eigenvalue weighted by Crippen LogP contribution is 2.25. The second kappa shape index (κ2) is 7.80. The molecule has 0 aliphatic rings. The van der Waals surface area contributed by atoms with Gasteiger partial charge in [0, 0.05) is 23.1 Å². The third-order valence-corrected chi connectivity index (χ3v) is 5.13. The van der Waals surface area contributed by atoms with Crippen LogP contribution in [0.25, 0.3) is 11.3 Å². The largest absolute Gasteiger partial charge is 0.496 e. The molecule has 0 saturated heterocycles. The molecule has 1 aromatic heterocycles. The molecule has 128 valence electrons. The lowest BCUT2D eigenvalue weighted by molar-refractivity contribution is 0.0951. The fourth-order valence-electron chi connectivity index (χ4n) is 2.38. The molecular formula is C19H17BrN2O2S. The topological polar surface area (TPSA) is 51.2 Å². The number of nitrogens with one attached hydrogen (secondary N) is 1. The summed E-state index contributed by atoms with van der Waals surface area (Å²) in [5, 5.41) is 6.03. The highest BCUT2D eigenvalue weighted by molar-refractivity contribution is 9.10. The van der Waals surface area contributed by atoms with Crippen LogP contribution in [0.4, 0.5) is 0 Å². The Labute approximate surface area is 159 Å². The molecule has 1 N–H and O–H groups in total. The smallest absolute Gasteiger partial charge is 0.251 e. The summed E-state index contributed by atoms with van der Waals surface area (Å²) in [6, 6.07) is 13.3. The minimum absolute atomic E-state index is 0.123. The predicted molar refractivity (Wildman–Crippen MR) is 104 cm³/mol. The molecule has 0 bridgehead atoms. The minimum Gasteiger partial charge on any atom is -0.496 e. The SMILES string of the molecule is COc1ccc(C(=O)NCc2ccc(-c3csc(C)n3)cc2)cc1Br. The van der Waals surface area contributed by atoms with E-state index in [0.717, 1.165) is 26.3 Å². The third-order valence-electron chi connectivity index (χ3n) is 3.74. The van der Waals surface area contributed by atoms with Crippen molar-refractivity contribution in [3.8, 4) is 17.0 Å². The summed E-state index contributed by atoms with van der Waals surface area (Å²) < 4.78 is 5.93. The zero-order chi connectivity index (χ0) is 17.8. The van der Waals surface area contributed by atoms with Gasteiger partial charge in [-0.05, 0) is 46.6 Å². The van der Waals surface area contributed by atoms with Gasteiger partial charge in [0.1, 0.15) is 5.75 Å². The molecule has 2 aromatic carbocycles. The summed E-state index contributed by atoms with van der Waals surface area (Å²) >= 11 is 5.03. The molecule has 0 spiro atoms. The lowest BCUT2D eigenvalue weighted by Gasteiger charge is -2.08. The highest BCUT2D eigenvalue weighted by atomic mass is 79.9. The summed E-state index contributed by atoms with van der Waals surface area (Å²) in [6.45, 7) is 2.47. The molecule has 4 nitrogen and oxygen atoms in total. The second-order valence-electron chi connectivity index (χ2n) is 5.48. The molecule has 0 saturated carbocycles. The first-order valence-corrected chi connectivity index (χ1v) is 9.37. The van der Waals surface area contributed by atoms with Crippen LogP contribution in [-0.4, -0.2) is 18.0 Å². The number of carbonyl (C=O) groups is 1. The van der Waals surface area contributed by atoms with Gasteiger partial charge in [-0.3, -0.25) is 4.79 Å². The molecule has 3 rings (SSSR count). The van der Waals surface area contributed by atoms with Crippen LogP contribution in [0.5, 0.6) is 5.75 Å². The minimum atomic E-state index is -0.123. The van der Waals surface area contributed by atoms with E-state index in [1.54, 1.807) is 36.6 Å². The number of rotatable bonds is 5. The number of hydrogen-bond donors (Lipinski definition) is 1. The van der Waals surface area contributed by atoms with Gasteiger partial charge in [0.15, 0.2) is 0 Å². The van der Waals surface area contributed by atoms with Crippen molar-refractivity contribution in [2.75, 3.05) is 7.11 Å². The average Bonchev–Trinajstić information content (AvgIpc) is 3.06. The Bertz CT molecular complexity index is 891. The Kier molecular flexibility index (Phi) is 5.50. The van der Waals surface area contributed by atoms with E-state index in [4.69, 9.17) is 4.74 Å². The van der Waals surface area contributed by atoms with Gasteiger partial charge >= 0.3 is 0 Å². The van der Waals surface area contributed by atoms with E-state index in [1.165, 1.54) is 0 Å². The highest BCUT2D eigenvalue weighted by Gasteiger charge is 2.09. The van der Waals surface area contributed by atoms with Gasteiger partial charge in [0.2, 0.25) is 0 Å². The molecule has 3 aromatic rings. The van der Waals surface area contributed by atoms with Crippen LogP contribution in [0.1, 0.15) is 20.9 Å². The maximum absolute atomic E-state index is 12.3. The van der Waals surface area contributed by atoms with Crippen molar-refractivity contribution in [1.82, 2.24) is 10.3 Å². The van der Waals surface area contributed by atoms with Gasteiger partial charge in [-0.15, -0.1) is 11.3 Å². The van der Waals surface area contributed by atoms with Crippen molar-refractivity contribution in [3.63, 3.8) is 0 Å². The van der Waals surface area contributed by atoms with Gasteiger partial charge in [-0.1, -0.05) is 24.3 Å². The van der Waals surface area contributed by atoms with E-state index >= 15 is 0 Å². The molecule has 0 fully saturated rings. The van der Waals surface area contributed by atoms with Gasteiger partial charge in [-0.2, -0.15) is 0 Å². The van der Waals surface area contributed by atoms with Gasteiger partial charge in [0.05, 0.1) is 22.3 Å². The van der Waals surface area contributed by atoms with Crippen LogP contribution < -0.4 is 10.1 Å². The lowest BCUT2D eigenvalue weighted by atomic mass is 10.1. The lowest BCUT2D eigenvalue weighted by Crippen LogP contribution is -2.22. The van der Waals surface area contributed by atoms with Crippen LogP contribution in [0.2, 0.25) is 0 Å². The molecule has 1 heterocycles. The molecule has 0 atom stereocenters. The number of halogens is 1. The standard InChI is InChI=1S/C19H17BrN2O2S/c1-12-22-17(11-25-12)14-5-3-13(4-6-14)10-21-19(23)15-7-8-18(24-2)16(20)9-15/h3-9,11H,10H2,1-2H3,(H,21,23). The normalized spacial score (nSPS) is 10.5. The Morgan fingerprint density at radius 3 is 2.60 bits per heavy atom. The van der Waals surface area contributed by atoms with Crippen molar-refractivity contribution in [3.05, 3.63) is 68.5 Å². The Morgan fingerprint density at radius 1 is 1.24 bits per heavy atom. The van der Waals surface area contributed by atoms with Crippen LogP contribution in [0.3, 0.4) is 0 Å². The van der Waals surface area contributed by atoms with Gasteiger partial charge in [0.25, 0.3) is 5.91 Å². The van der Waals surface area contributed by atoms with E-state index in [2.05, 4.69) is 26.2 Å². The number of benzene rings is 2. The molecule has 0 aliphatic carbocycles. The monoisotopic (exact) mass is 416 g/mol. The Balaban J connectivity index is 1.63. The van der Waals surface area contributed by atoms with E-state index in [-0.39, 0.29) is 5.91 Å². The van der Waals surface area contributed by atoms with Crippen LogP contribution in [-0.2, 0) is 6.54 Å². The van der Waals surface area contributed by atoms with Crippen LogP contribution in [0, 0.1) is 6.92 Å². The number of amides is 1. The number of thiazole rings is 1. The molecule has 1 amide bonds. The maximum atomic E-state index is 12.3. The number of methoxy groups -OCH3 is 1. The number of aromatic nitrogens is 1. The summed E-state index contributed by atoms with van der Waals surface area (Å²) in [6.07, 6.45) is 0. The maximum Gasteiger partial charge on any atom is 0.251 e. The molecular weight excluding hydrogens is 400 g/mol. The summed E-state index contributed by atoms with van der Waals surface area (Å²) in [7, 11) is 1.59. The number of aryl methyl sites for hydroxylation is 1. The van der Waals surface area contributed by atoms with Crippen molar-refractivity contribution in [2.45, 2.75) is 13.5 Å². The zero-order valence-electron chi connectivity index (χ0n) is 13.9. The Morgan fingerprint density at radius 2 is 2.00 bits per heavy atom. The second-order valence-corrected chi connectivity index (χ2v) is 7.40. The van der Waals surface area contributed by atoms with Crippen molar-refractivity contribution >= 4 is 33.2 Å². The van der Waals surface area contributed by atoms with Crippen LogP contribution in [0.15, 0.2) is 52.3 Å². The summed E-state index contributed by atoms with van der Waals surface area (Å²) in [5.74, 6) is 0.576. The number of hydrogen-bond acceptors (Lipinski definition) is 4. The summed E-state index contributed by atoms with van der Waals surface area (Å²) in [5.41, 5.74) is 3.69. The van der Waals surface area contributed by atoms with Crippen LogP contribution >= 0.6 is 27.3 Å². The molecule has 25 heavy (non-hydrogen) atoms. The molecule has 0 radical (unpaired) electrons. The van der Waals surface area contributed by atoms with Gasteiger partial charge in [-0.25, -0.2) is 4.98 Å². The first-order chi connectivity index (χ1) is 12.1. The van der Waals surface area contributed by atoms with E-state index < -0.39 is 0 Å². The zero-order valence-corrected chi connectivity index (χ0v) is 16.3. The average molecular weight is 417 g/mol. The fraction of sp³-hybridized carbons (Fsp3) is 0.158. The summed E-state index contributed by atoms with van der Waals surface area (Å²) in [4.78, 5) is 16.8. The van der Waals surface area contributed by atoms with Gasteiger partial charge < -0.3 is 10.1 Å². The fourth-order valence-corrected chi connectivity index (χ4v) is 3.54.